The average Bonchev–Trinajstić information content (AvgIpc) is 2.73. The van der Waals surface area contributed by atoms with Crippen LogP contribution in [0.15, 0.2) is 51.7 Å². The molecule has 0 spiro atoms. The standard InChI is InChI=1S/C21H18BrN5O2/c1-2-29-20(28)27-7-6-15-16(9-23)19(26)21(11-24,12-25)18(17(15)10-27)13-4-3-5-14(22)8-13/h3-6,8,17-18H,2,7,10,26H2,1H3/t17-,18-/m0/s1. The normalized spacial score (nSPS) is 22.4. The Kier molecular flexibility index (Phi) is 5.64. The van der Waals surface area contributed by atoms with E-state index in [1.165, 1.54) is 4.90 Å². The quantitative estimate of drug-likeness (QED) is 0.734. The first-order chi connectivity index (χ1) is 13.9. The number of fused-ring (bicyclic) bond motifs is 1. The second kappa shape index (κ2) is 7.99. The Morgan fingerprint density at radius 2 is 2.10 bits per heavy atom. The fourth-order valence-electron chi connectivity index (χ4n) is 4.12. The molecule has 0 aromatic heterocycles. The van der Waals surface area contributed by atoms with Gasteiger partial charge in [-0.1, -0.05) is 34.1 Å². The lowest BCUT2D eigenvalue weighted by Gasteiger charge is -2.45. The SMILES string of the molecule is CCOC(=O)N1CC=C2C(C#N)=C(N)C(C#N)(C#N)[C@@H](c3cccc(Br)c3)[C@H]2C1. The summed E-state index contributed by atoms with van der Waals surface area (Å²) in [5.41, 5.74) is 6.02. The van der Waals surface area contributed by atoms with Crippen LogP contribution in [0.4, 0.5) is 4.79 Å². The number of benzene rings is 1. The molecule has 1 aromatic rings. The van der Waals surface area contributed by atoms with E-state index < -0.39 is 23.3 Å². The second-order valence-electron chi connectivity index (χ2n) is 6.83. The van der Waals surface area contributed by atoms with Crippen LogP contribution in [-0.2, 0) is 4.74 Å². The Bertz CT molecular complexity index is 1030. The molecule has 0 fully saturated rings. The van der Waals surface area contributed by atoms with Gasteiger partial charge in [0.1, 0.15) is 6.07 Å². The van der Waals surface area contributed by atoms with Crippen molar-refractivity contribution in [3.63, 3.8) is 0 Å². The van der Waals surface area contributed by atoms with E-state index in [4.69, 9.17) is 10.5 Å². The van der Waals surface area contributed by atoms with Gasteiger partial charge in [0.2, 0.25) is 0 Å². The van der Waals surface area contributed by atoms with Crippen molar-refractivity contribution in [3.8, 4) is 18.2 Å². The second-order valence-corrected chi connectivity index (χ2v) is 7.75. The molecule has 0 radical (unpaired) electrons. The number of nitrogens with two attached hydrogens (primary N) is 1. The number of hydrogen-bond acceptors (Lipinski definition) is 6. The third-order valence-electron chi connectivity index (χ3n) is 5.40. The van der Waals surface area contributed by atoms with Crippen molar-refractivity contribution >= 4 is 22.0 Å². The molecule has 1 aromatic carbocycles. The van der Waals surface area contributed by atoms with Gasteiger partial charge in [-0.15, -0.1) is 0 Å². The van der Waals surface area contributed by atoms with Crippen molar-refractivity contribution in [1.29, 1.82) is 15.8 Å². The van der Waals surface area contributed by atoms with Crippen molar-refractivity contribution in [2.24, 2.45) is 17.1 Å². The number of rotatable bonds is 2. The highest BCUT2D eigenvalue weighted by Gasteiger charge is 2.54. The van der Waals surface area contributed by atoms with Gasteiger partial charge in [0.05, 0.1) is 30.0 Å². The van der Waals surface area contributed by atoms with Crippen LogP contribution >= 0.6 is 15.9 Å². The van der Waals surface area contributed by atoms with Crippen molar-refractivity contribution in [2.45, 2.75) is 12.8 Å². The molecule has 0 saturated heterocycles. The first kappa shape index (κ1) is 20.5. The minimum atomic E-state index is -1.73. The first-order valence-corrected chi connectivity index (χ1v) is 9.83. The van der Waals surface area contributed by atoms with Gasteiger partial charge in [-0.3, -0.25) is 0 Å². The summed E-state index contributed by atoms with van der Waals surface area (Å²) in [5, 5.41) is 29.8. The Morgan fingerprint density at radius 1 is 1.38 bits per heavy atom. The molecule has 146 valence electrons. The van der Waals surface area contributed by atoms with Crippen molar-refractivity contribution in [2.75, 3.05) is 19.7 Å². The smallest absolute Gasteiger partial charge is 0.410 e. The van der Waals surface area contributed by atoms with Crippen LogP contribution < -0.4 is 5.73 Å². The van der Waals surface area contributed by atoms with E-state index in [0.717, 1.165) is 10.0 Å². The fourth-order valence-corrected chi connectivity index (χ4v) is 4.54. The van der Waals surface area contributed by atoms with Crippen LogP contribution in [0.2, 0.25) is 0 Å². The molecule has 0 unspecified atom stereocenters. The number of nitriles is 3. The number of carbonyl (C=O) groups excluding carboxylic acids is 1. The molecule has 8 heteroatoms. The van der Waals surface area contributed by atoms with Gasteiger partial charge in [0.25, 0.3) is 0 Å². The molecule has 1 aliphatic carbocycles. The maximum Gasteiger partial charge on any atom is 0.410 e. The van der Waals surface area contributed by atoms with Gasteiger partial charge in [-0.2, -0.15) is 15.8 Å². The number of ether oxygens (including phenoxy) is 1. The lowest BCUT2D eigenvalue weighted by atomic mass is 9.58. The number of amides is 1. The summed E-state index contributed by atoms with van der Waals surface area (Å²) in [6.07, 6.45) is 1.29. The molecule has 0 bridgehead atoms. The number of hydrogen-bond donors (Lipinski definition) is 1. The summed E-state index contributed by atoms with van der Waals surface area (Å²) >= 11 is 3.43. The molecule has 1 amide bonds. The lowest BCUT2D eigenvalue weighted by molar-refractivity contribution is 0.0999. The number of halogens is 1. The average molecular weight is 452 g/mol. The van der Waals surface area contributed by atoms with Gasteiger partial charge in [0, 0.05) is 29.4 Å². The molecule has 2 atom stereocenters. The molecule has 0 saturated carbocycles. The molecular weight excluding hydrogens is 434 g/mol. The molecule has 2 aliphatic rings. The van der Waals surface area contributed by atoms with E-state index in [-0.39, 0.29) is 31.0 Å². The van der Waals surface area contributed by atoms with Gasteiger partial charge < -0.3 is 15.4 Å². The summed E-state index contributed by atoms with van der Waals surface area (Å²) in [7, 11) is 0. The van der Waals surface area contributed by atoms with Crippen molar-refractivity contribution in [1.82, 2.24) is 4.90 Å². The van der Waals surface area contributed by atoms with Gasteiger partial charge in [0.15, 0.2) is 5.41 Å². The highest BCUT2D eigenvalue weighted by Crippen LogP contribution is 2.54. The number of allylic oxidation sites excluding steroid dienone is 2. The third-order valence-corrected chi connectivity index (χ3v) is 5.89. The zero-order valence-electron chi connectivity index (χ0n) is 15.7. The summed E-state index contributed by atoms with van der Waals surface area (Å²) in [6.45, 7) is 2.44. The Hall–Kier alpha value is -3.28. The van der Waals surface area contributed by atoms with Crippen molar-refractivity contribution in [3.05, 3.63) is 57.2 Å². The predicted octanol–water partition coefficient (Wildman–Crippen LogP) is 3.33. The molecular formula is C21H18BrN5O2. The first-order valence-electron chi connectivity index (χ1n) is 9.03. The number of carbonyl (C=O) groups is 1. The summed E-state index contributed by atoms with van der Waals surface area (Å²) in [5.74, 6) is -1.11. The van der Waals surface area contributed by atoms with Crippen LogP contribution in [-0.4, -0.2) is 30.7 Å². The molecule has 1 heterocycles. The summed E-state index contributed by atoms with van der Waals surface area (Å²) in [6, 6.07) is 13.5. The van der Waals surface area contributed by atoms with Crippen LogP contribution in [0.25, 0.3) is 0 Å². The van der Waals surface area contributed by atoms with Crippen molar-refractivity contribution < 1.29 is 9.53 Å². The Labute approximate surface area is 177 Å². The fraction of sp³-hybridized carbons (Fsp3) is 0.333. The molecule has 1 aliphatic heterocycles. The van der Waals surface area contributed by atoms with E-state index in [9.17, 15) is 20.6 Å². The number of nitrogens with zero attached hydrogens (tertiary/aromatic N) is 4. The maximum atomic E-state index is 12.3. The van der Waals surface area contributed by atoms with Gasteiger partial charge >= 0.3 is 6.09 Å². The van der Waals surface area contributed by atoms with Crippen LogP contribution in [0.1, 0.15) is 18.4 Å². The maximum absolute atomic E-state index is 12.3. The summed E-state index contributed by atoms with van der Waals surface area (Å²) in [4.78, 5) is 13.8. The minimum Gasteiger partial charge on any atom is -0.450 e. The van der Waals surface area contributed by atoms with Gasteiger partial charge in [-0.05, 0) is 30.2 Å². The van der Waals surface area contributed by atoms with E-state index >= 15 is 0 Å². The lowest BCUT2D eigenvalue weighted by Crippen LogP contribution is -2.49. The molecule has 29 heavy (non-hydrogen) atoms. The molecule has 2 N–H and O–H groups in total. The zero-order chi connectivity index (χ0) is 21.2. The minimum absolute atomic E-state index is 0.0398. The molecule has 3 rings (SSSR count). The van der Waals surface area contributed by atoms with E-state index in [1.54, 1.807) is 13.0 Å². The summed E-state index contributed by atoms with van der Waals surface area (Å²) < 4.78 is 5.91. The van der Waals surface area contributed by atoms with Gasteiger partial charge in [-0.25, -0.2) is 4.79 Å². The molecule has 7 nitrogen and oxygen atoms in total. The highest BCUT2D eigenvalue weighted by atomic mass is 79.9. The van der Waals surface area contributed by atoms with E-state index in [1.807, 2.05) is 24.3 Å². The van der Waals surface area contributed by atoms with E-state index in [2.05, 4.69) is 34.1 Å². The topological polar surface area (TPSA) is 127 Å². The highest BCUT2D eigenvalue weighted by molar-refractivity contribution is 9.10. The largest absolute Gasteiger partial charge is 0.450 e. The predicted molar refractivity (Wildman–Crippen MR) is 108 cm³/mol. The third kappa shape index (κ3) is 3.24. The van der Waals surface area contributed by atoms with Crippen LogP contribution in [0.5, 0.6) is 0 Å². The van der Waals surface area contributed by atoms with E-state index in [0.29, 0.717) is 5.57 Å². The van der Waals surface area contributed by atoms with Crippen LogP contribution in [0.3, 0.4) is 0 Å². The zero-order valence-corrected chi connectivity index (χ0v) is 17.3. The monoisotopic (exact) mass is 451 g/mol. The Morgan fingerprint density at radius 3 is 2.69 bits per heavy atom. The van der Waals surface area contributed by atoms with Crippen LogP contribution in [0, 0.1) is 45.3 Å². The Balaban J connectivity index is 2.24.